The second kappa shape index (κ2) is 7.38. The number of halogens is 1. The highest BCUT2D eigenvalue weighted by molar-refractivity contribution is 5.78. The zero-order chi connectivity index (χ0) is 15.2. The van der Waals surface area contributed by atoms with Gasteiger partial charge in [0.25, 0.3) is 0 Å². The van der Waals surface area contributed by atoms with E-state index in [0.717, 1.165) is 0 Å². The summed E-state index contributed by atoms with van der Waals surface area (Å²) in [6.45, 7) is 4.34. The number of rotatable bonds is 5. The van der Waals surface area contributed by atoms with Crippen LogP contribution in [-0.4, -0.2) is 50.8 Å². The number of morpholine rings is 1. The smallest absolute Gasteiger partial charge is 0.236 e. The fraction of sp³-hybridized carbons (Fsp3) is 0.533. The quantitative estimate of drug-likeness (QED) is 0.891. The van der Waals surface area contributed by atoms with Crippen LogP contribution in [0.3, 0.4) is 0 Å². The van der Waals surface area contributed by atoms with E-state index in [-0.39, 0.29) is 24.3 Å². The number of methoxy groups -OCH3 is 1. The first kappa shape index (κ1) is 15.7. The van der Waals surface area contributed by atoms with E-state index >= 15 is 0 Å². The molecule has 0 saturated carbocycles. The van der Waals surface area contributed by atoms with Crippen molar-refractivity contribution in [1.82, 2.24) is 10.2 Å². The van der Waals surface area contributed by atoms with Crippen molar-refractivity contribution in [3.05, 3.63) is 29.6 Å². The van der Waals surface area contributed by atoms with Gasteiger partial charge in [-0.15, -0.1) is 0 Å². The molecule has 1 atom stereocenters. The van der Waals surface area contributed by atoms with Gasteiger partial charge in [0.2, 0.25) is 5.91 Å². The minimum atomic E-state index is -0.340. The van der Waals surface area contributed by atoms with E-state index in [2.05, 4.69) is 5.32 Å². The van der Waals surface area contributed by atoms with Crippen molar-refractivity contribution in [2.75, 3.05) is 40.0 Å². The molecule has 1 heterocycles. The zero-order valence-corrected chi connectivity index (χ0v) is 12.4. The molecular formula is C15H21FN2O3. The molecule has 21 heavy (non-hydrogen) atoms. The summed E-state index contributed by atoms with van der Waals surface area (Å²) >= 11 is 0. The number of carbonyl (C=O) groups excluding carboxylic acids is 1. The Morgan fingerprint density at radius 2 is 2.19 bits per heavy atom. The molecule has 1 fully saturated rings. The summed E-state index contributed by atoms with van der Waals surface area (Å²) in [5.74, 6) is 0.141. The number of hydrogen-bond acceptors (Lipinski definition) is 4. The molecule has 0 spiro atoms. The van der Waals surface area contributed by atoms with E-state index in [1.54, 1.807) is 17.0 Å². The molecular weight excluding hydrogens is 275 g/mol. The maximum atomic E-state index is 13.9. The first-order valence-corrected chi connectivity index (χ1v) is 7.04. The van der Waals surface area contributed by atoms with Crippen LogP contribution in [-0.2, 0) is 9.53 Å². The Morgan fingerprint density at radius 3 is 2.86 bits per heavy atom. The molecule has 0 aliphatic carbocycles. The molecule has 1 N–H and O–H groups in total. The highest BCUT2D eigenvalue weighted by Gasteiger charge is 2.20. The largest absolute Gasteiger partial charge is 0.496 e. The van der Waals surface area contributed by atoms with Gasteiger partial charge in [0.1, 0.15) is 11.6 Å². The summed E-state index contributed by atoms with van der Waals surface area (Å²) in [5.41, 5.74) is 0.440. The van der Waals surface area contributed by atoms with Crippen LogP contribution in [0.5, 0.6) is 5.75 Å². The Bertz CT molecular complexity index is 490. The van der Waals surface area contributed by atoms with Crippen molar-refractivity contribution in [3.63, 3.8) is 0 Å². The monoisotopic (exact) mass is 296 g/mol. The van der Waals surface area contributed by atoms with Gasteiger partial charge in [0.05, 0.1) is 26.9 Å². The lowest BCUT2D eigenvalue weighted by Crippen LogP contribution is -2.45. The fourth-order valence-corrected chi connectivity index (χ4v) is 2.38. The predicted molar refractivity (Wildman–Crippen MR) is 76.8 cm³/mol. The van der Waals surface area contributed by atoms with E-state index in [4.69, 9.17) is 9.47 Å². The molecule has 2 rings (SSSR count). The van der Waals surface area contributed by atoms with Gasteiger partial charge in [-0.05, 0) is 19.1 Å². The van der Waals surface area contributed by atoms with Crippen molar-refractivity contribution < 1.29 is 18.7 Å². The van der Waals surface area contributed by atoms with E-state index in [1.807, 2.05) is 6.92 Å². The van der Waals surface area contributed by atoms with Gasteiger partial charge in [0.15, 0.2) is 0 Å². The first-order valence-electron chi connectivity index (χ1n) is 7.04. The third-order valence-corrected chi connectivity index (χ3v) is 3.59. The zero-order valence-electron chi connectivity index (χ0n) is 12.4. The highest BCUT2D eigenvalue weighted by Crippen LogP contribution is 2.27. The van der Waals surface area contributed by atoms with Crippen LogP contribution in [0.15, 0.2) is 18.2 Å². The summed E-state index contributed by atoms with van der Waals surface area (Å²) in [5, 5.41) is 3.06. The highest BCUT2D eigenvalue weighted by atomic mass is 19.1. The predicted octanol–water partition coefficient (Wildman–Crippen LogP) is 1.34. The van der Waals surface area contributed by atoms with Gasteiger partial charge in [-0.2, -0.15) is 0 Å². The third kappa shape index (κ3) is 3.92. The molecule has 6 heteroatoms. The van der Waals surface area contributed by atoms with E-state index in [1.165, 1.54) is 13.2 Å². The molecule has 1 aliphatic heterocycles. The van der Waals surface area contributed by atoms with E-state index in [0.29, 0.717) is 37.6 Å². The number of carbonyl (C=O) groups is 1. The molecule has 0 bridgehead atoms. The Labute approximate surface area is 124 Å². The number of benzene rings is 1. The van der Waals surface area contributed by atoms with Crippen LogP contribution in [0.4, 0.5) is 4.39 Å². The SMILES string of the molecule is COc1cccc(F)c1C(C)NCC(=O)N1CCOCC1. The van der Waals surface area contributed by atoms with Crippen molar-refractivity contribution in [2.24, 2.45) is 0 Å². The lowest BCUT2D eigenvalue weighted by Gasteiger charge is -2.27. The summed E-state index contributed by atoms with van der Waals surface area (Å²) in [4.78, 5) is 13.8. The minimum Gasteiger partial charge on any atom is -0.496 e. The number of nitrogens with zero attached hydrogens (tertiary/aromatic N) is 1. The van der Waals surface area contributed by atoms with E-state index in [9.17, 15) is 9.18 Å². The van der Waals surface area contributed by atoms with Crippen molar-refractivity contribution in [2.45, 2.75) is 13.0 Å². The van der Waals surface area contributed by atoms with Crippen molar-refractivity contribution in [1.29, 1.82) is 0 Å². The number of hydrogen-bond donors (Lipinski definition) is 1. The molecule has 0 radical (unpaired) electrons. The maximum Gasteiger partial charge on any atom is 0.236 e. The maximum absolute atomic E-state index is 13.9. The topological polar surface area (TPSA) is 50.8 Å². The average Bonchev–Trinajstić information content (AvgIpc) is 2.52. The van der Waals surface area contributed by atoms with Gasteiger partial charge in [-0.1, -0.05) is 6.07 Å². The van der Waals surface area contributed by atoms with Crippen LogP contribution in [0.25, 0.3) is 0 Å². The molecule has 1 saturated heterocycles. The molecule has 1 unspecified atom stereocenters. The summed E-state index contributed by atoms with van der Waals surface area (Å²) < 4.78 is 24.3. The summed E-state index contributed by atoms with van der Waals surface area (Å²) in [7, 11) is 1.50. The summed E-state index contributed by atoms with van der Waals surface area (Å²) in [6, 6.07) is 4.38. The average molecular weight is 296 g/mol. The third-order valence-electron chi connectivity index (χ3n) is 3.59. The molecule has 1 aromatic rings. The molecule has 1 amide bonds. The number of ether oxygens (including phenoxy) is 2. The van der Waals surface area contributed by atoms with Crippen LogP contribution in [0.2, 0.25) is 0 Å². The normalized spacial score (nSPS) is 16.6. The molecule has 116 valence electrons. The summed E-state index contributed by atoms with van der Waals surface area (Å²) in [6.07, 6.45) is 0. The second-order valence-corrected chi connectivity index (χ2v) is 4.95. The molecule has 5 nitrogen and oxygen atoms in total. The molecule has 1 aromatic carbocycles. The van der Waals surface area contributed by atoms with Crippen LogP contribution >= 0.6 is 0 Å². The molecule has 0 aromatic heterocycles. The Morgan fingerprint density at radius 1 is 1.48 bits per heavy atom. The van der Waals surface area contributed by atoms with Crippen molar-refractivity contribution >= 4 is 5.91 Å². The van der Waals surface area contributed by atoms with Crippen LogP contribution < -0.4 is 10.1 Å². The van der Waals surface area contributed by atoms with Crippen LogP contribution in [0.1, 0.15) is 18.5 Å². The Hall–Kier alpha value is -1.66. The van der Waals surface area contributed by atoms with Gasteiger partial charge < -0.3 is 19.7 Å². The van der Waals surface area contributed by atoms with Gasteiger partial charge in [-0.25, -0.2) is 4.39 Å². The second-order valence-electron chi connectivity index (χ2n) is 4.95. The standard InChI is InChI=1S/C15H21FN2O3/c1-11(15-12(16)4-3-5-13(15)20-2)17-10-14(19)18-6-8-21-9-7-18/h3-5,11,17H,6-10H2,1-2H3. The molecule has 1 aliphatic rings. The van der Waals surface area contributed by atoms with Gasteiger partial charge in [-0.3, -0.25) is 4.79 Å². The van der Waals surface area contributed by atoms with Crippen LogP contribution in [0, 0.1) is 5.82 Å². The number of nitrogens with one attached hydrogen (secondary N) is 1. The van der Waals surface area contributed by atoms with E-state index < -0.39 is 0 Å². The number of amides is 1. The lowest BCUT2D eigenvalue weighted by molar-refractivity contribution is -0.134. The van der Waals surface area contributed by atoms with Gasteiger partial charge >= 0.3 is 0 Å². The minimum absolute atomic E-state index is 0.000422. The first-order chi connectivity index (χ1) is 10.1. The lowest BCUT2D eigenvalue weighted by atomic mass is 10.1. The van der Waals surface area contributed by atoms with Crippen molar-refractivity contribution in [3.8, 4) is 5.75 Å². The van der Waals surface area contributed by atoms with Gasteiger partial charge in [0, 0.05) is 24.7 Å². The Balaban J connectivity index is 1.95. The Kier molecular flexibility index (Phi) is 5.52. The fourth-order valence-electron chi connectivity index (χ4n) is 2.38.